The molecule has 12 heteroatoms. The molecule has 3 heterocycles. The smallest absolute Gasteiger partial charge is 0.407 e. The molecule has 4 atom stereocenters. The van der Waals surface area contributed by atoms with Crippen molar-refractivity contribution in [1.82, 2.24) is 25.4 Å². The van der Waals surface area contributed by atoms with E-state index in [-0.39, 0.29) is 41.8 Å². The number of nitrogens with one attached hydrogen (secondary N) is 2. The molecule has 3 amide bonds. The number of likely N-dealkylation sites (N-methyl/N-ethyl adjacent to an activating group) is 2. The van der Waals surface area contributed by atoms with Crippen molar-refractivity contribution in [2.45, 2.75) is 116 Å². The van der Waals surface area contributed by atoms with Crippen molar-refractivity contribution >= 4 is 35.2 Å². The fourth-order valence-electron chi connectivity index (χ4n) is 6.49. The second-order valence-electron chi connectivity index (χ2n) is 12.2. The summed E-state index contributed by atoms with van der Waals surface area (Å²) in [5.74, 6) is -1.55. The summed E-state index contributed by atoms with van der Waals surface area (Å²) < 4.78 is 5.70. The first-order valence-electron chi connectivity index (χ1n) is 15.3. The van der Waals surface area contributed by atoms with Crippen LogP contribution < -0.4 is 10.6 Å². The molecule has 0 radical (unpaired) electrons. The Morgan fingerprint density at radius 2 is 1.83 bits per heavy atom. The number of amides is 3. The van der Waals surface area contributed by atoms with E-state index in [0.717, 1.165) is 49.9 Å². The minimum absolute atomic E-state index is 0.0337. The summed E-state index contributed by atoms with van der Waals surface area (Å²) in [6.45, 7) is 10.1. The highest BCUT2D eigenvalue weighted by atomic mass is 32.1. The number of carbonyl (C=O) groups is 4. The highest BCUT2D eigenvalue weighted by Gasteiger charge is 2.50. The van der Waals surface area contributed by atoms with Crippen molar-refractivity contribution in [1.29, 1.82) is 0 Å². The Balaban J connectivity index is 1.86. The number of aromatic nitrogens is 1. The van der Waals surface area contributed by atoms with Gasteiger partial charge in [-0.2, -0.15) is 0 Å². The number of alkyl carbamates (subject to hydrolysis) is 1. The van der Waals surface area contributed by atoms with Gasteiger partial charge in [0.15, 0.2) is 11.8 Å². The Morgan fingerprint density at radius 1 is 1.19 bits per heavy atom. The van der Waals surface area contributed by atoms with E-state index in [4.69, 9.17) is 4.74 Å². The van der Waals surface area contributed by atoms with Crippen LogP contribution in [0, 0.1) is 11.8 Å². The van der Waals surface area contributed by atoms with Crippen LogP contribution in [0.15, 0.2) is 5.38 Å². The summed E-state index contributed by atoms with van der Waals surface area (Å²) in [6.07, 6.45) is 5.24. The number of hydrogen-bond acceptors (Lipinski definition) is 8. The predicted octanol–water partition coefficient (Wildman–Crippen LogP) is 4.44. The van der Waals surface area contributed by atoms with E-state index in [1.807, 2.05) is 34.7 Å². The molecule has 236 valence electrons. The quantitative estimate of drug-likeness (QED) is 0.299. The molecule has 2 saturated heterocycles. The number of ether oxygens (including phenoxy) is 1. The number of piperidine rings is 2. The Labute approximate surface area is 253 Å². The zero-order valence-electron chi connectivity index (χ0n) is 26.1. The highest BCUT2D eigenvalue weighted by Crippen LogP contribution is 2.41. The molecule has 3 N–H and O–H groups in total. The number of carboxylic acid groups (broad SMARTS) is 1. The molecule has 2 bridgehead atoms. The number of rotatable bonds is 13. The summed E-state index contributed by atoms with van der Waals surface area (Å²) >= 11 is 1.10. The zero-order chi connectivity index (χ0) is 31.2. The van der Waals surface area contributed by atoms with Gasteiger partial charge in [-0.1, -0.05) is 34.1 Å². The van der Waals surface area contributed by atoms with Crippen LogP contribution in [0.3, 0.4) is 0 Å². The van der Waals surface area contributed by atoms with Gasteiger partial charge in [0.25, 0.3) is 0 Å². The van der Waals surface area contributed by atoms with Crippen molar-refractivity contribution in [2.75, 3.05) is 20.6 Å². The molecule has 42 heavy (non-hydrogen) atoms. The monoisotopic (exact) mass is 607 g/mol. The molecule has 0 aromatic carbocycles. The fraction of sp³-hybridized carbons (Fsp3) is 0.767. The summed E-state index contributed by atoms with van der Waals surface area (Å²) in [5, 5.41) is 17.0. The molecule has 2 aliphatic rings. The average molecular weight is 608 g/mol. The van der Waals surface area contributed by atoms with Gasteiger partial charge in [-0.3, -0.25) is 14.5 Å². The van der Waals surface area contributed by atoms with Crippen LogP contribution in [-0.2, 0) is 14.3 Å². The van der Waals surface area contributed by atoms with Gasteiger partial charge in [-0.25, -0.2) is 14.6 Å². The summed E-state index contributed by atoms with van der Waals surface area (Å²) in [5.41, 5.74) is -0.705. The first-order valence-corrected chi connectivity index (χ1v) is 16.2. The first-order chi connectivity index (χ1) is 19.9. The Hall–Kier alpha value is -2.73. The van der Waals surface area contributed by atoms with E-state index >= 15 is 0 Å². The largest absolute Gasteiger partial charge is 0.476 e. The van der Waals surface area contributed by atoms with E-state index in [1.54, 1.807) is 18.9 Å². The molecule has 0 unspecified atom stereocenters. The Bertz CT molecular complexity index is 1100. The molecular weight excluding hydrogens is 558 g/mol. The number of thiazole rings is 1. The molecule has 3 rings (SSSR count). The standard InChI is InChI=1S/C30H49N5O6S/c1-8-19(5)24(33-28(39)30-14-10-12-20(35(30)7)13-11-15-30)26(36)34(6)22(18(3)4)16-23(41-29(40)31-9-2)25-32-21(17-42-25)27(37)38/h17-20,22-24H,8-16H2,1-7H3,(H,31,40)(H,33,39)(H,37,38)/t19-,20?,22+,23+,24-,30?/m0/s1. The van der Waals surface area contributed by atoms with Gasteiger partial charge < -0.3 is 25.4 Å². The maximum Gasteiger partial charge on any atom is 0.407 e. The van der Waals surface area contributed by atoms with Crippen molar-refractivity contribution in [3.63, 3.8) is 0 Å². The van der Waals surface area contributed by atoms with Gasteiger partial charge >= 0.3 is 12.1 Å². The van der Waals surface area contributed by atoms with Crippen LogP contribution >= 0.6 is 11.3 Å². The third-order valence-corrected chi connectivity index (χ3v) is 10.3. The third-order valence-electron chi connectivity index (χ3n) is 9.32. The first kappa shape index (κ1) is 33.8. The van der Waals surface area contributed by atoms with E-state index in [0.29, 0.717) is 24.0 Å². The third kappa shape index (κ3) is 7.42. The fourth-order valence-corrected chi connectivity index (χ4v) is 7.33. The summed E-state index contributed by atoms with van der Waals surface area (Å²) in [6, 6.07) is -0.689. The number of aromatic carboxylic acids is 1. The van der Waals surface area contributed by atoms with E-state index < -0.39 is 29.7 Å². The van der Waals surface area contributed by atoms with Crippen LogP contribution in [0.5, 0.6) is 0 Å². The molecule has 1 aromatic heterocycles. The van der Waals surface area contributed by atoms with Crippen molar-refractivity contribution in [3.8, 4) is 0 Å². The average Bonchev–Trinajstić information content (AvgIpc) is 3.43. The second-order valence-corrected chi connectivity index (χ2v) is 13.1. The molecule has 2 fully saturated rings. The Kier molecular flexibility index (Phi) is 11.8. The lowest BCUT2D eigenvalue weighted by molar-refractivity contribution is -0.148. The summed E-state index contributed by atoms with van der Waals surface area (Å²) in [4.78, 5) is 60.2. The maximum atomic E-state index is 14.2. The number of carbonyl (C=O) groups excluding carboxylic acids is 3. The molecule has 0 aliphatic carbocycles. The minimum atomic E-state index is -1.17. The lowest BCUT2D eigenvalue weighted by atomic mass is 9.73. The number of fused-ring (bicyclic) bond motifs is 2. The van der Waals surface area contributed by atoms with Gasteiger partial charge in [0, 0.05) is 37.5 Å². The molecular formula is C30H49N5O6S. The number of nitrogens with zero attached hydrogens (tertiary/aromatic N) is 3. The van der Waals surface area contributed by atoms with Crippen LogP contribution in [0.4, 0.5) is 4.79 Å². The topological polar surface area (TPSA) is 141 Å². The predicted molar refractivity (Wildman–Crippen MR) is 161 cm³/mol. The minimum Gasteiger partial charge on any atom is -0.476 e. The zero-order valence-corrected chi connectivity index (χ0v) is 27.0. The van der Waals surface area contributed by atoms with E-state index in [1.165, 1.54) is 5.38 Å². The molecule has 1 aromatic rings. The molecule has 2 aliphatic heterocycles. The van der Waals surface area contributed by atoms with Crippen molar-refractivity contribution in [2.24, 2.45) is 11.8 Å². The highest BCUT2D eigenvalue weighted by molar-refractivity contribution is 7.09. The van der Waals surface area contributed by atoms with E-state index in [9.17, 15) is 24.3 Å². The lowest BCUT2D eigenvalue weighted by Gasteiger charge is -2.52. The van der Waals surface area contributed by atoms with Crippen LogP contribution in [0.2, 0.25) is 0 Å². The maximum absolute atomic E-state index is 14.2. The number of hydrogen-bond donors (Lipinski definition) is 3. The SMILES string of the molecule is CCNC(=O)O[C@H](C[C@H](C(C)C)N(C)C(=O)[C@@H](NC(=O)C12CCCC(CCC1)N2C)[C@@H](C)CC)c1nc(C(=O)O)cs1. The molecule has 0 spiro atoms. The van der Waals surface area contributed by atoms with Gasteiger partial charge in [0.1, 0.15) is 16.6 Å². The van der Waals surface area contributed by atoms with Gasteiger partial charge in [-0.05, 0) is 64.3 Å². The molecule has 0 saturated carbocycles. The van der Waals surface area contributed by atoms with Crippen LogP contribution in [-0.4, -0.2) is 88.1 Å². The Morgan fingerprint density at radius 3 is 2.36 bits per heavy atom. The van der Waals surface area contributed by atoms with Crippen LogP contribution in [0.1, 0.15) is 108 Å². The van der Waals surface area contributed by atoms with Gasteiger partial charge in [0.05, 0.1) is 0 Å². The van der Waals surface area contributed by atoms with Crippen LogP contribution in [0.25, 0.3) is 0 Å². The lowest BCUT2D eigenvalue weighted by Crippen LogP contribution is -2.67. The normalized spacial score (nSPS) is 23.4. The summed E-state index contributed by atoms with van der Waals surface area (Å²) in [7, 11) is 3.77. The van der Waals surface area contributed by atoms with Gasteiger partial charge in [0.2, 0.25) is 11.8 Å². The second kappa shape index (κ2) is 14.6. The van der Waals surface area contributed by atoms with Crippen molar-refractivity contribution in [3.05, 3.63) is 16.1 Å². The van der Waals surface area contributed by atoms with Crippen molar-refractivity contribution < 1.29 is 29.0 Å². The number of carboxylic acids is 1. The van der Waals surface area contributed by atoms with Gasteiger partial charge in [-0.15, -0.1) is 11.3 Å². The molecule has 11 nitrogen and oxygen atoms in total. The van der Waals surface area contributed by atoms with E-state index in [2.05, 4.69) is 20.5 Å².